The summed E-state index contributed by atoms with van der Waals surface area (Å²) in [6.45, 7) is 9.16. The summed E-state index contributed by atoms with van der Waals surface area (Å²) in [5, 5.41) is 4.85. The van der Waals surface area contributed by atoms with Gasteiger partial charge in [0.15, 0.2) is 11.5 Å². The summed E-state index contributed by atoms with van der Waals surface area (Å²) in [6.07, 6.45) is 0. The summed E-state index contributed by atoms with van der Waals surface area (Å²) in [5.74, 6) is 1.24. The highest BCUT2D eigenvalue weighted by Gasteiger charge is 2.23. The van der Waals surface area contributed by atoms with Gasteiger partial charge in [0, 0.05) is 44.8 Å². The van der Waals surface area contributed by atoms with Crippen molar-refractivity contribution in [2.75, 3.05) is 52.5 Å². The van der Waals surface area contributed by atoms with Crippen molar-refractivity contribution in [1.82, 2.24) is 15.1 Å². The van der Waals surface area contributed by atoms with Crippen LogP contribution in [0.2, 0.25) is 0 Å². The molecule has 0 bridgehead atoms. The number of thiophene rings is 1. The molecule has 2 heterocycles. The number of hydrogen-bond donors (Lipinski definition) is 1. The molecule has 0 saturated carbocycles. The quantitative estimate of drug-likeness (QED) is 0.661. The van der Waals surface area contributed by atoms with E-state index < -0.39 is 0 Å². The third kappa shape index (κ3) is 5.73. The van der Waals surface area contributed by atoms with Gasteiger partial charge < -0.3 is 19.7 Å². The number of piperazine rings is 1. The summed E-state index contributed by atoms with van der Waals surface area (Å²) < 4.78 is 11.2. The van der Waals surface area contributed by atoms with Gasteiger partial charge in [0.1, 0.15) is 0 Å². The molecule has 8 heteroatoms. The molecule has 2 aromatic rings. The first-order chi connectivity index (χ1) is 14.6. The smallest absolute Gasteiger partial charge is 0.261 e. The van der Waals surface area contributed by atoms with Crippen molar-refractivity contribution >= 4 is 23.2 Å². The molecule has 0 aliphatic carbocycles. The van der Waals surface area contributed by atoms with Gasteiger partial charge in [0.2, 0.25) is 0 Å². The summed E-state index contributed by atoms with van der Waals surface area (Å²) >= 11 is 1.44. The van der Waals surface area contributed by atoms with Crippen LogP contribution in [-0.4, -0.2) is 74.1 Å². The first-order valence-electron chi connectivity index (χ1n) is 10.3. The Labute approximate surface area is 181 Å². The second-order valence-electron chi connectivity index (χ2n) is 6.89. The van der Waals surface area contributed by atoms with Gasteiger partial charge in [-0.25, -0.2) is 0 Å². The van der Waals surface area contributed by atoms with Crippen molar-refractivity contribution in [3.8, 4) is 11.5 Å². The second kappa shape index (κ2) is 11.0. The third-order valence-electron chi connectivity index (χ3n) is 4.91. The lowest BCUT2D eigenvalue weighted by Gasteiger charge is -2.34. The molecule has 1 N–H and O–H groups in total. The predicted molar refractivity (Wildman–Crippen MR) is 118 cm³/mol. The average Bonchev–Trinajstić information content (AvgIpc) is 3.30. The SMILES string of the molecule is CCOc1ccc(C(=O)N2CCN(CCNC(=O)c3cccs3)CC2)cc1OCC. The molecule has 0 unspecified atom stereocenters. The number of benzene rings is 1. The molecule has 3 rings (SSSR count). The molecule has 0 radical (unpaired) electrons. The average molecular weight is 432 g/mol. The molecule has 0 atom stereocenters. The molecule has 1 aliphatic rings. The van der Waals surface area contributed by atoms with Crippen LogP contribution in [0.5, 0.6) is 11.5 Å². The van der Waals surface area contributed by atoms with E-state index in [4.69, 9.17) is 9.47 Å². The van der Waals surface area contributed by atoms with E-state index >= 15 is 0 Å². The molecule has 1 aromatic carbocycles. The maximum Gasteiger partial charge on any atom is 0.261 e. The van der Waals surface area contributed by atoms with Crippen molar-refractivity contribution in [2.45, 2.75) is 13.8 Å². The Kier molecular flexibility index (Phi) is 8.10. The lowest BCUT2D eigenvalue weighted by molar-refractivity contribution is 0.0637. The summed E-state index contributed by atoms with van der Waals surface area (Å²) in [7, 11) is 0. The third-order valence-corrected chi connectivity index (χ3v) is 5.78. The number of carbonyl (C=O) groups is 2. The molecule has 30 heavy (non-hydrogen) atoms. The van der Waals surface area contributed by atoms with Gasteiger partial charge in [-0.3, -0.25) is 14.5 Å². The Morgan fingerprint density at radius 3 is 2.43 bits per heavy atom. The van der Waals surface area contributed by atoms with E-state index in [1.54, 1.807) is 18.2 Å². The van der Waals surface area contributed by atoms with Crippen LogP contribution in [0.4, 0.5) is 0 Å². The molecule has 1 aliphatic heterocycles. The molecule has 7 nitrogen and oxygen atoms in total. The normalized spacial score (nSPS) is 14.4. The second-order valence-corrected chi connectivity index (χ2v) is 7.84. The van der Waals surface area contributed by atoms with Crippen LogP contribution in [0.3, 0.4) is 0 Å². The highest BCUT2D eigenvalue weighted by molar-refractivity contribution is 7.12. The lowest BCUT2D eigenvalue weighted by Crippen LogP contribution is -2.50. The number of amides is 2. The van der Waals surface area contributed by atoms with Gasteiger partial charge in [-0.05, 0) is 43.5 Å². The number of carbonyl (C=O) groups excluding carboxylic acids is 2. The fourth-order valence-corrected chi connectivity index (χ4v) is 4.00. The minimum absolute atomic E-state index is 0.00431. The van der Waals surface area contributed by atoms with E-state index in [1.807, 2.05) is 36.3 Å². The molecule has 0 spiro atoms. The van der Waals surface area contributed by atoms with E-state index in [9.17, 15) is 9.59 Å². The van der Waals surface area contributed by atoms with Gasteiger partial charge in [0.05, 0.1) is 18.1 Å². The Bertz CT molecular complexity index is 833. The van der Waals surface area contributed by atoms with E-state index in [0.29, 0.717) is 49.9 Å². The van der Waals surface area contributed by atoms with Crippen molar-refractivity contribution in [3.05, 3.63) is 46.2 Å². The minimum atomic E-state index is -0.0283. The zero-order valence-corrected chi connectivity index (χ0v) is 18.4. The number of ether oxygens (including phenoxy) is 2. The van der Waals surface area contributed by atoms with Gasteiger partial charge >= 0.3 is 0 Å². The van der Waals surface area contributed by atoms with Crippen LogP contribution >= 0.6 is 11.3 Å². The molecular weight excluding hydrogens is 402 g/mol. The van der Waals surface area contributed by atoms with Crippen molar-refractivity contribution in [3.63, 3.8) is 0 Å². The van der Waals surface area contributed by atoms with Crippen LogP contribution in [0.15, 0.2) is 35.7 Å². The van der Waals surface area contributed by atoms with Crippen LogP contribution in [-0.2, 0) is 0 Å². The molecule has 2 amide bonds. The fourth-order valence-electron chi connectivity index (χ4n) is 3.36. The predicted octanol–water partition coefficient (Wildman–Crippen LogP) is 2.73. The zero-order chi connectivity index (χ0) is 21.3. The highest BCUT2D eigenvalue weighted by Crippen LogP contribution is 2.29. The Hall–Kier alpha value is -2.58. The topological polar surface area (TPSA) is 71.1 Å². The molecule has 1 fully saturated rings. The van der Waals surface area contributed by atoms with Gasteiger partial charge in [-0.2, -0.15) is 0 Å². The Balaban J connectivity index is 1.48. The van der Waals surface area contributed by atoms with E-state index in [2.05, 4.69) is 10.2 Å². The van der Waals surface area contributed by atoms with Crippen LogP contribution < -0.4 is 14.8 Å². The number of nitrogens with one attached hydrogen (secondary N) is 1. The van der Waals surface area contributed by atoms with Gasteiger partial charge in [-0.15, -0.1) is 11.3 Å². The van der Waals surface area contributed by atoms with Crippen LogP contribution in [0.1, 0.15) is 33.9 Å². The standard InChI is InChI=1S/C22H29N3O4S/c1-3-28-18-8-7-17(16-19(18)29-4-2)22(27)25-13-11-24(12-14-25)10-9-23-21(26)20-6-5-15-30-20/h5-8,15-16H,3-4,9-14H2,1-2H3,(H,23,26). The zero-order valence-electron chi connectivity index (χ0n) is 17.6. The molecule has 1 saturated heterocycles. The van der Waals surface area contributed by atoms with Crippen LogP contribution in [0.25, 0.3) is 0 Å². The number of nitrogens with zero attached hydrogens (tertiary/aromatic N) is 2. The maximum absolute atomic E-state index is 12.9. The Morgan fingerprint density at radius 1 is 1.03 bits per heavy atom. The Morgan fingerprint density at radius 2 is 1.77 bits per heavy atom. The van der Waals surface area contributed by atoms with Gasteiger partial charge in [-0.1, -0.05) is 6.07 Å². The minimum Gasteiger partial charge on any atom is -0.490 e. The monoisotopic (exact) mass is 431 g/mol. The molecular formula is C22H29N3O4S. The van der Waals surface area contributed by atoms with Crippen LogP contribution in [0, 0.1) is 0 Å². The molecule has 1 aromatic heterocycles. The van der Waals surface area contributed by atoms with E-state index in [0.717, 1.165) is 24.5 Å². The first-order valence-corrected chi connectivity index (χ1v) is 11.2. The number of hydrogen-bond acceptors (Lipinski definition) is 6. The maximum atomic E-state index is 12.9. The van der Waals surface area contributed by atoms with Crippen molar-refractivity contribution in [1.29, 1.82) is 0 Å². The summed E-state index contributed by atoms with van der Waals surface area (Å²) in [4.78, 5) is 29.8. The lowest BCUT2D eigenvalue weighted by atomic mass is 10.1. The summed E-state index contributed by atoms with van der Waals surface area (Å²) in [6, 6.07) is 9.06. The number of rotatable bonds is 9. The van der Waals surface area contributed by atoms with E-state index in [1.165, 1.54) is 11.3 Å². The highest BCUT2D eigenvalue weighted by atomic mass is 32.1. The first kappa shape index (κ1) is 22.1. The summed E-state index contributed by atoms with van der Waals surface area (Å²) in [5.41, 5.74) is 0.610. The van der Waals surface area contributed by atoms with Crippen molar-refractivity contribution < 1.29 is 19.1 Å². The van der Waals surface area contributed by atoms with Gasteiger partial charge in [0.25, 0.3) is 11.8 Å². The fraction of sp³-hybridized carbons (Fsp3) is 0.455. The van der Waals surface area contributed by atoms with Crippen molar-refractivity contribution in [2.24, 2.45) is 0 Å². The van der Waals surface area contributed by atoms with E-state index in [-0.39, 0.29) is 11.8 Å². The largest absolute Gasteiger partial charge is 0.490 e. The molecule has 162 valence electrons.